The maximum Gasteiger partial charge on any atom is 0.339 e. The fraction of sp³-hybridized carbons (Fsp3) is 0.0455. The number of ketones is 1. The highest BCUT2D eigenvalue weighted by Gasteiger charge is 2.28. The minimum absolute atomic E-state index is 0.0176. The maximum atomic E-state index is 12.6. The standard InChI is InChI=1S/C22H15BrO6S/c1-27-16-5-8-18(9-6-16)30(25,26)29-17-7-10-19-20(13-17)28-21(22(19)24)12-14-3-2-4-15(23)11-14/h2-13H,1H3. The van der Waals surface area contributed by atoms with E-state index in [1.54, 1.807) is 6.08 Å². The Hall–Kier alpha value is -3.10. The molecule has 0 spiro atoms. The zero-order valence-electron chi connectivity index (χ0n) is 15.7. The maximum absolute atomic E-state index is 12.6. The molecule has 1 heterocycles. The van der Waals surface area contributed by atoms with Gasteiger partial charge in [-0.05, 0) is 60.2 Å². The van der Waals surface area contributed by atoms with Crippen molar-refractivity contribution in [2.75, 3.05) is 7.11 Å². The number of rotatable bonds is 5. The first-order chi connectivity index (χ1) is 14.4. The molecule has 4 rings (SSSR count). The van der Waals surface area contributed by atoms with Gasteiger partial charge in [0.05, 0.1) is 12.7 Å². The van der Waals surface area contributed by atoms with Gasteiger partial charge < -0.3 is 13.7 Å². The van der Waals surface area contributed by atoms with E-state index < -0.39 is 10.1 Å². The highest BCUT2D eigenvalue weighted by molar-refractivity contribution is 9.10. The molecular weight excluding hydrogens is 472 g/mol. The predicted molar refractivity (Wildman–Crippen MR) is 114 cm³/mol. The van der Waals surface area contributed by atoms with Gasteiger partial charge in [-0.3, -0.25) is 4.79 Å². The van der Waals surface area contributed by atoms with Gasteiger partial charge in [0.25, 0.3) is 0 Å². The molecule has 30 heavy (non-hydrogen) atoms. The van der Waals surface area contributed by atoms with Gasteiger partial charge in [0.15, 0.2) is 5.76 Å². The van der Waals surface area contributed by atoms with Crippen LogP contribution in [0.3, 0.4) is 0 Å². The van der Waals surface area contributed by atoms with Crippen LogP contribution in [0.5, 0.6) is 17.2 Å². The van der Waals surface area contributed by atoms with E-state index in [0.717, 1.165) is 10.0 Å². The van der Waals surface area contributed by atoms with Crippen LogP contribution in [-0.4, -0.2) is 21.3 Å². The first-order valence-electron chi connectivity index (χ1n) is 8.78. The number of halogens is 1. The summed E-state index contributed by atoms with van der Waals surface area (Å²) in [6, 6.07) is 17.5. The summed E-state index contributed by atoms with van der Waals surface area (Å²) in [6.07, 6.45) is 1.63. The summed E-state index contributed by atoms with van der Waals surface area (Å²) in [6.45, 7) is 0. The van der Waals surface area contributed by atoms with Gasteiger partial charge >= 0.3 is 10.1 Å². The van der Waals surface area contributed by atoms with E-state index in [1.807, 2.05) is 24.3 Å². The number of hydrogen-bond acceptors (Lipinski definition) is 6. The van der Waals surface area contributed by atoms with Crippen LogP contribution in [0.15, 0.2) is 81.9 Å². The second-order valence-electron chi connectivity index (χ2n) is 6.37. The summed E-state index contributed by atoms with van der Waals surface area (Å²) < 4.78 is 41.8. The number of fused-ring (bicyclic) bond motifs is 1. The fourth-order valence-electron chi connectivity index (χ4n) is 2.88. The van der Waals surface area contributed by atoms with Gasteiger partial charge in [-0.15, -0.1) is 0 Å². The molecule has 0 atom stereocenters. The molecule has 8 heteroatoms. The lowest BCUT2D eigenvalue weighted by Gasteiger charge is -2.08. The van der Waals surface area contributed by atoms with Crippen molar-refractivity contribution in [1.82, 2.24) is 0 Å². The normalized spacial score (nSPS) is 14.3. The van der Waals surface area contributed by atoms with E-state index in [9.17, 15) is 13.2 Å². The molecule has 0 bridgehead atoms. The predicted octanol–water partition coefficient (Wildman–Crippen LogP) is 4.84. The van der Waals surface area contributed by atoms with Crippen LogP contribution in [-0.2, 0) is 10.1 Å². The van der Waals surface area contributed by atoms with Crippen molar-refractivity contribution in [3.05, 3.63) is 88.1 Å². The molecule has 0 amide bonds. The van der Waals surface area contributed by atoms with Crippen molar-refractivity contribution < 1.29 is 26.9 Å². The number of hydrogen-bond donors (Lipinski definition) is 0. The minimum Gasteiger partial charge on any atom is -0.497 e. The number of benzene rings is 3. The number of ether oxygens (including phenoxy) is 2. The number of carbonyl (C=O) groups excluding carboxylic acids is 1. The van der Waals surface area contributed by atoms with E-state index >= 15 is 0 Å². The summed E-state index contributed by atoms with van der Waals surface area (Å²) in [5.74, 6) is 0.681. The lowest BCUT2D eigenvalue weighted by Crippen LogP contribution is -2.09. The number of Topliss-reactive ketones (excluding diaryl/α,β-unsaturated/α-hetero) is 1. The minimum atomic E-state index is -4.05. The fourth-order valence-corrected chi connectivity index (χ4v) is 4.22. The van der Waals surface area contributed by atoms with Gasteiger partial charge in [0.2, 0.25) is 5.78 Å². The van der Waals surface area contributed by atoms with Gasteiger partial charge in [-0.25, -0.2) is 0 Å². The molecule has 6 nitrogen and oxygen atoms in total. The molecule has 0 saturated carbocycles. The van der Waals surface area contributed by atoms with Crippen LogP contribution < -0.4 is 13.7 Å². The second-order valence-corrected chi connectivity index (χ2v) is 8.83. The number of methoxy groups -OCH3 is 1. The van der Waals surface area contributed by atoms with Crippen LogP contribution in [0.25, 0.3) is 6.08 Å². The van der Waals surface area contributed by atoms with Crippen molar-refractivity contribution in [2.45, 2.75) is 4.90 Å². The van der Waals surface area contributed by atoms with Crippen LogP contribution in [0.1, 0.15) is 15.9 Å². The third kappa shape index (κ3) is 4.10. The average molecular weight is 487 g/mol. The smallest absolute Gasteiger partial charge is 0.339 e. The van der Waals surface area contributed by atoms with E-state index in [1.165, 1.54) is 49.6 Å². The monoisotopic (exact) mass is 486 g/mol. The van der Waals surface area contributed by atoms with Crippen molar-refractivity contribution in [1.29, 1.82) is 0 Å². The lowest BCUT2D eigenvalue weighted by atomic mass is 10.1. The van der Waals surface area contributed by atoms with Crippen LogP contribution in [0, 0.1) is 0 Å². The van der Waals surface area contributed by atoms with Gasteiger partial charge in [0.1, 0.15) is 22.1 Å². The van der Waals surface area contributed by atoms with E-state index in [4.69, 9.17) is 13.7 Å². The average Bonchev–Trinajstić information content (AvgIpc) is 3.02. The summed E-state index contributed by atoms with van der Waals surface area (Å²) in [7, 11) is -2.56. The molecular formula is C22H15BrO6S. The Morgan fingerprint density at radius 1 is 0.967 bits per heavy atom. The summed E-state index contributed by atoms with van der Waals surface area (Å²) in [4.78, 5) is 12.6. The van der Waals surface area contributed by atoms with Gasteiger partial charge in [0, 0.05) is 10.5 Å². The summed E-state index contributed by atoms with van der Waals surface area (Å²) in [5.41, 5.74) is 1.13. The molecule has 152 valence electrons. The SMILES string of the molecule is COc1ccc(S(=O)(=O)Oc2ccc3c(c2)OC(=Cc2cccc(Br)c2)C3=O)cc1. The lowest BCUT2D eigenvalue weighted by molar-refractivity contribution is 0.101. The molecule has 0 saturated heterocycles. The second kappa shape index (κ2) is 7.97. The van der Waals surface area contributed by atoms with E-state index in [-0.39, 0.29) is 27.9 Å². The van der Waals surface area contributed by atoms with Crippen LogP contribution in [0.4, 0.5) is 0 Å². The molecule has 0 N–H and O–H groups in total. The molecule has 0 radical (unpaired) electrons. The highest BCUT2D eigenvalue weighted by Crippen LogP contribution is 2.36. The Morgan fingerprint density at radius 2 is 1.70 bits per heavy atom. The number of carbonyl (C=O) groups is 1. The Labute approximate surface area is 182 Å². The first-order valence-corrected chi connectivity index (χ1v) is 11.0. The zero-order chi connectivity index (χ0) is 21.3. The molecule has 0 fully saturated rings. The highest BCUT2D eigenvalue weighted by atomic mass is 79.9. The Bertz CT molecular complexity index is 1260. The van der Waals surface area contributed by atoms with Crippen molar-refractivity contribution in [3.63, 3.8) is 0 Å². The van der Waals surface area contributed by atoms with Crippen molar-refractivity contribution >= 4 is 37.9 Å². The third-order valence-corrected chi connectivity index (χ3v) is 6.10. The Morgan fingerprint density at radius 3 is 2.40 bits per heavy atom. The Kier molecular flexibility index (Phi) is 5.36. The first kappa shape index (κ1) is 20.2. The molecule has 0 unspecified atom stereocenters. The zero-order valence-corrected chi connectivity index (χ0v) is 18.1. The molecule has 3 aromatic carbocycles. The topological polar surface area (TPSA) is 78.9 Å². The van der Waals surface area contributed by atoms with E-state index in [2.05, 4.69) is 15.9 Å². The summed E-state index contributed by atoms with van der Waals surface area (Å²) in [5, 5.41) is 0. The quantitative estimate of drug-likeness (QED) is 0.379. The van der Waals surface area contributed by atoms with Crippen LogP contribution in [0.2, 0.25) is 0 Å². The van der Waals surface area contributed by atoms with Crippen molar-refractivity contribution in [3.8, 4) is 17.2 Å². The van der Waals surface area contributed by atoms with E-state index in [0.29, 0.717) is 11.3 Å². The van der Waals surface area contributed by atoms with Crippen molar-refractivity contribution in [2.24, 2.45) is 0 Å². The van der Waals surface area contributed by atoms with Gasteiger partial charge in [-0.1, -0.05) is 28.1 Å². The molecule has 1 aliphatic rings. The summed E-state index contributed by atoms with van der Waals surface area (Å²) >= 11 is 3.38. The molecule has 1 aliphatic heterocycles. The molecule has 3 aromatic rings. The largest absolute Gasteiger partial charge is 0.497 e. The van der Waals surface area contributed by atoms with Crippen LogP contribution >= 0.6 is 15.9 Å². The third-order valence-electron chi connectivity index (χ3n) is 4.34. The Balaban J connectivity index is 1.58. The van der Waals surface area contributed by atoms with Gasteiger partial charge in [-0.2, -0.15) is 8.42 Å². The number of allylic oxidation sites excluding steroid dienone is 1. The molecule has 0 aliphatic carbocycles. The molecule has 0 aromatic heterocycles.